The van der Waals surface area contributed by atoms with Gasteiger partial charge in [-0.1, -0.05) is 6.92 Å². The van der Waals surface area contributed by atoms with Gasteiger partial charge in [-0.3, -0.25) is 4.68 Å². The summed E-state index contributed by atoms with van der Waals surface area (Å²) >= 11 is 0. The lowest BCUT2D eigenvalue weighted by atomic mass is 9.97. The summed E-state index contributed by atoms with van der Waals surface area (Å²) in [7, 11) is -0.864. The van der Waals surface area contributed by atoms with Gasteiger partial charge in [0.25, 0.3) is 0 Å². The molecule has 0 spiro atoms. The molecule has 2 atom stereocenters. The summed E-state index contributed by atoms with van der Waals surface area (Å²) in [5.74, 6) is 1.94. The Balaban J connectivity index is 1.94. The third-order valence-electron chi connectivity index (χ3n) is 3.91. The van der Waals surface area contributed by atoms with E-state index in [9.17, 15) is 8.42 Å². The van der Waals surface area contributed by atoms with Gasteiger partial charge in [-0.25, -0.2) is 13.4 Å². The average molecular weight is 300 g/mol. The van der Waals surface area contributed by atoms with Crippen molar-refractivity contribution in [1.29, 1.82) is 0 Å². The van der Waals surface area contributed by atoms with Gasteiger partial charge in [-0.15, -0.1) is 0 Å². The van der Waals surface area contributed by atoms with Crippen molar-refractivity contribution in [3.63, 3.8) is 0 Å². The second kappa shape index (κ2) is 6.67. The third kappa shape index (κ3) is 4.02. The molecule has 2 unspecified atom stereocenters. The molecule has 1 N–H and O–H groups in total. The fourth-order valence-corrected chi connectivity index (χ4v) is 4.71. The van der Waals surface area contributed by atoms with Gasteiger partial charge >= 0.3 is 0 Å². The topological polar surface area (TPSA) is 76.9 Å². The standard InChI is InChI=1S/C13H24N4O2S/c1-3-5-17-13(15-10-16-17)8-12(14-2)7-11-4-6-20(18,19)9-11/h10-12,14H,3-9H2,1-2H3. The molecule has 1 fully saturated rings. The van der Waals surface area contributed by atoms with Gasteiger partial charge in [-0.2, -0.15) is 5.10 Å². The molecule has 0 aromatic carbocycles. The minimum atomic E-state index is -2.79. The normalized spacial score (nSPS) is 23.0. The van der Waals surface area contributed by atoms with Crippen molar-refractivity contribution >= 4 is 9.84 Å². The molecule has 0 bridgehead atoms. The zero-order valence-electron chi connectivity index (χ0n) is 12.2. The number of nitrogens with one attached hydrogen (secondary N) is 1. The summed E-state index contributed by atoms with van der Waals surface area (Å²) in [5, 5.41) is 7.52. The predicted octanol–water partition coefficient (Wildman–Crippen LogP) is 0.643. The Labute approximate surface area is 120 Å². The van der Waals surface area contributed by atoms with Crippen LogP contribution in [0.2, 0.25) is 0 Å². The number of hydrogen-bond donors (Lipinski definition) is 1. The maximum atomic E-state index is 11.5. The Morgan fingerprint density at radius 1 is 1.55 bits per heavy atom. The first-order chi connectivity index (χ1) is 9.54. The molecule has 2 heterocycles. The van der Waals surface area contributed by atoms with E-state index < -0.39 is 9.84 Å². The average Bonchev–Trinajstić information content (AvgIpc) is 2.96. The zero-order chi connectivity index (χ0) is 14.6. The van der Waals surface area contributed by atoms with Crippen molar-refractivity contribution in [2.24, 2.45) is 5.92 Å². The second-order valence-electron chi connectivity index (χ2n) is 5.59. The summed E-state index contributed by atoms with van der Waals surface area (Å²) in [6.07, 6.45) is 5.10. The minimum absolute atomic E-state index is 0.258. The molecule has 7 heteroatoms. The van der Waals surface area contributed by atoms with Crippen LogP contribution >= 0.6 is 0 Å². The maximum Gasteiger partial charge on any atom is 0.150 e. The molecule has 1 aliphatic rings. The van der Waals surface area contributed by atoms with Crippen LogP contribution in [0, 0.1) is 5.92 Å². The van der Waals surface area contributed by atoms with Crippen molar-refractivity contribution in [1.82, 2.24) is 20.1 Å². The van der Waals surface area contributed by atoms with Crippen molar-refractivity contribution in [3.05, 3.63) is 12.2 Å². The molecule has 114 valence electrons. The highest BCUT2D eigenvalue weighted by Crippen LogP contribution is 2.23. The Hall–Kier alpha value is -0.950. The van der Waals surface area contributed by atoms with Crippen LogP contribution in [-0.2, 0) is 22.8 Å². The Bertz CT molecular complexity index is 526. The minimum Gasteiger partial charge on any atom is -0.317 e. The Morgan fingerprint density at radius 3 is 2.95 bits per heavy atom. The maximum absolute atomic E-state index is 11.5. The van der Waals surface area contributed by atoms with E-state index in [0.29, 0.717) is 11.5 Å². The summed E-state index contributed by atoms with van der Waals surface area (Å²) in [6, 6.07) is 0.258. The van der Waals surface area contributed by atoms with Gasteiger partial charge in [0.1, 0.15) is 12.2 Å². The van der Waals surface area contributed by atoms with Gasteiger partial charge in [-0.05, 0) is 32.2 Å². The lowest BCUT2D eigenvalue weighted by Crippen LogP contribution is -2.31. The number of sulfone groups is 1. The van der Waals surface area contributed by atoms with Gasteiger partial charge in [0, 0.05) is 19.0 Å². The lowest BCUT2D eigenvalue weighted by molar-refractivity contribution is 0.410. The van der Waals surface area contributed by atoms with Gasteiger partial charge in [0.2, 0.25) is 0 Å². The van der Waals surface area contributed by atoms with Crippen LogP contribution in [0.25, 0.3) is 0 Å². The highest BCUT2D eigenvalue weighted by atomic mass is 32.2. The van der Waals surface area contributed by atoms with Crippen molar-refractivity contribution in [2.45, 2.75) is 45.2 Å². The van der Waals surface area contributed by atoms with Crippen LogP contribution in [0.3, 0.4) is 0 Å². The number of hydrogen-bond acceptors (Lipinski definition) is 5. The van der Waals surface area contributed by atoms with Crippen LogP contribution < -0.4 is 5.32 Å². The van der Waals surface area contributed by atoms with Crippen molar-refractivity contribution in [3.8, 4) is 0 Å². The highest BCUT2D eigenvalue weighted by Gasteiger charge is 2.29. The van der Waals surface area contributed by atoms with E-state index in [0.717, 1.165) is 38.1 Å². The summed E-state index contributed by atoms with van der Waals surface area (Å²) in [5.41, 5.74) is 0. The van der Waals surface area contributed by atoms with E-state index in [-0.39, 0.29) is 12.0 Å². The summed E-state index contributed by atoms with van der Waals surface area (Å²) in [6.45, 7) is 2.99. The smallest absolute Gasteiger partial charge is 0.150 e. The first-order valence-corrected chi connectivity index (χ1v) is 9.10. The highest BCUT2D eigenvalue weighted by molar-refractivity contribution is 7.91. The molecule has 0 radical (unpaired) electrons. The molecular weight excluding hydrogens is 276 g/mol. The molecule has 0 saturated carbocycles. The van der Waals surface area contributed by atoms with Crippen LogP contribution in [0.15, 0.2) is 6.33 Å². The summed E-state index contributed by atoms with van der Waals surface area (Å²) in [4.78, 5) is 4.32. The molecule has 20 heavy (non-hydrogen) atoms. The zero-order valence-corrected chi connectivity index (χ0v) is 13.1. The molecule has 0 amide bonds. The first-order valence-electron chi connectivity index (χ1n) is 7.28. The monoisotopic (exact) mass is 300 g/mol. The van der Waals surface area contributed by atoms with E-state index in [1.165, 1.54) is 0 Å². The molecule has 1 saturated heterocycles. The van der Waals surface area contributed by atoms with E-state index in [2.05, 4.69) is 22.3 Å². The van der Waals surface area contributed by atoms with Crippen molar-refractivity contribution in [2.75, 3.05) is 18.6 Å². The molecule has 1 aromatic rings. The second-order valence-corrected chi connectivity index (χ2v) is 7.82. The third-order valence-corrected chi connectivity index (χ3v) is 5.75. The van der Waals surface area contributed by atoms with E-state index in [4.69, 9.17) is 0 Å². The largest absolute Gasteiger partial charge is 0.317 e. The fourth-order valence-electron chi connectivity index (χ4n) is 2.83. The van der Waals surface area contributed by atoms with Crippen LogP contribution in [0.1, 0.15) is 32.0 Å². The number of aromatic nitrogens is 3. The molecule has 2 rings (SSSR count). The molecule has 6 nitrogen and oxygen atoms in total. The van der Waals surface area contributed by atoms with Crippen LogP contribution in [0.4, 0.5) is 0 Å². The number of aryl methyl sites for hydroxylation is 1. The number of likely N-dealkylation sites (N-methyl/N-ethyl adjacent to an activating group) is 1. The van der Waals surface area contributed by atoms with Gasteiger partial charge < -0.3 is 5.32 Å². The molecule has 1 aromatic heterocycles. The molecular formula is C13H24N4O2S. The Kier molecular flexibility index (Phi) is 5.15. The van der Waals surface area contributed by atoms with E-state index in [1.807, 2.05) is 11.7 Å². The number of rotatable bonds is 7. The fraction of sp³-hybridized carbons (Fsp3) is 0.846. The first kappa shape index (κ1) is 15.4. The van der Waals surface area contributed by atoms with Gasteiger partial charge in [0.15, 0.2) is 9.84 Å². The van der Waals surface area contributed by atoms with Crippen LogP contribution in [-0.4, -0.2) is 47.8 Å². The van der Waals surface area contributed by atoms with E-state index in [1.54, 1.807) is 6.33 Å². The lowest BCUT2D eigenvalue weighted by Gasteiger charge is -2.19. The molecule has 1 aliphatic heterocycles. The van der Waals surface area contributed by atoms with Crippen molar-refractivity contribution < 1.29 is 8.42 Å². The molecule has 0 aliphatic carbocycles. The predicted molar refractivity (Wildman–Crippen MR) is 78.2 cm³/mol. The van der Waals surface area contributed by atoms with Gasteiger partial charge in [0.05, 0.1) is 11.5 Å². The number of nitrogens with zero attached hydrogens (tertiary/aromatic N) is 3. The summed E-state index contributed by atoms with van der Waals surface area (Å²) < 4.78 is 25.0. The van der Waals surface area contributed by atoms with E-state index >= 15 is 0 Å². The Morgan fingerprint density at radius 2 is 2.35 bits per heavy atom. The van der Waals surface area contributed by atoms with Crippen LogP contribution in [0.5, 0.6) is 0 Å². The SMILES string of the molecule is CCCn1ncnc1CC(CC1CCS(=O)(=O)C1)NC. The quantitative estimate of drug-likeness (QED) is 0.800.